The molecule has 1 aliphatic rings. The third kappa shape index (κ3) is 6.56. The summed E-state index contributed by atoms with van der Waals surface area (Å²) in [5.41, 5.74) is 0.673. The summed E-state index contributed by atoms with van der Waals surface area (Å²) in [6.45, 7) is 1.66. The Labute approximate surface area is 147 Å². The minimum absolute atomic E-state index is 0. The molecule has 22 heavy (non-hydrogen) atoms. The smallest absolute Gasteiger partial charge is 0.243 e. The van der Waals surface area contributed by atoms with E-state index in [0.717, 1.165) is 19.4 Å². The molecular weight excluding hydrogens is 397 g/mol. The van der Waals surface area contributed by atoms with E-state index >= 15 is 0 Å². The Morgan fingerprint density at radius 2 is 2.36 bits per heavy atom. The van der Waals surface area contributed by atoms with Crippen LogP contribution in [0.3, 0.4) is 0 Å². The highest BCUT2D eigenvalue weighted by Crippen LogP contribution is 2.10. The van der Waals surface area contributed by atoms with Gasteiger partial charge in [0.05, 0.1) is 24.5 Å². The van der Waals surface area contributed by atoms with Crippen molar-refractivity contribution in [2.24, 2.45) is 4.99 Å². The lowest BCUT2D eigenvalue weighted by Gasteiger charge is -2.14. The van der Waals surface area contributed by atoms with E-state index in [1.807, 2.05) is 0 Å². The number of anilines is 1. The zero-order valence-electron chi connectivity index (χ0n) is 12.5. The van der Waals surface area contributed by atoms with Gasteiger partial charge in [-0.2, -0.15) is 0 Å². The summed E-state index contributed by atoms with van der Waals surface area (Å²) >= 11 is 0. The number of nitrogens with one attached hydrogen (secondary N) is 3. The molecule has 8 heteroatoms. The van der Waals surface area contributed by atoms with Crippen molar-refractivity contribution in [3.63, 3.8) is 0 Å². The Morgan fingerprint density at radius 3 is 3.00 bits per heavy atom. The van der Waals surface area contributed by atoms with Gasteiger partial charge in [-0.3, -0.25) is 14.8 Å². The van der Waals surface area contributed by atoms with Gasteiger partial charge in [-0.25, -0.2) is 0 Å². The molecule has 1 fully saturated rings. The summed E-state index contributed by atoms with van der Waals surface area (Å²) in [5, 5.41) is 8.86. The van der Waals surface area contributed by atoms with E-state index in [1.165, 1.54) is 0 Å². The molecule has 1 aromatic rings. The maximum Gasteiger partial charge on any atom is 0.243 e. The second-order valence-corrected chi connectivity index (χ2v) is 4.73. The van der Waals surface area contributed by atoms with Crippen molar-refractivity contribution in [2.75, 3.05) is 32.1 Å². The summed E-state index contributed by atoms with van der Waals surface area (Å²) in [6, 6.07) is 3.56. The van der Waals surface area contributed by atoms with Crippen molar-refractivity contribution in [1.82, 2.24) is 15.6 Å². The Morgan fingerprint density at radius 1 is 1.50 bits per heavy atom. The fraction of sp³-hybridized carbons (Fsp3) is 0.500. The van der Waals surface area contributed by atoms with Gasteiger partial charge in [-0.1, -0.05) is 0 Å². The number of nitrogens with zero attached hydrogens (tertiary/aromatic N) is 2. The third-order valence-electron chi connectivity index (χ3n) is 3.11. The van der Waals surface area contributed by atoms with E-state index in [2.05, 4.69) is 25.9 Å². The average Bonchev–Trinajstić information content (AvgIpc) is 3.02. The minimum atomic E-state index is -0.150. The lowest BCUT2D eigenvalue weighted by molar-refractivity contribution is -0.115. The molecule has 0 spiro atoms. The molecule has 1 saturated heterocycles. The van der Waals surface area contributed by atoms with Crippen molar-refractivity contribution in [3.8, 4) is 0 Å². The number of aliphatic imine (C=N–C) groups is 1. The number of hydrogen-bond donors (Lipinski definition) is 3. The standard InChI is InChI=1S/C14H21N5O2.HI/c1-15-14(17-9-12-5-3-7-21-12)18-10-13(20)19-11-4-2-6-16-8-11;/h2,4,6,8,12H,3,5,7,9-10H2,1H3,(H,19,20)(H2,15,17,18);1H. The van der Waals surface area contributed by atoms with Gasteiger partial charge < -0.3 is 20.7 Å². The predicted octanol–water partition coefficient (Wildman–Crippen LogP) is 0.982. The zero-order valence-corrected chi connectivity index (χ0v) is 14.9. The molecule has 1 aliphatic heterocycles. The predicted molar refractivity (Wildman–Crippen MR) is 96.6 cm³/mol. The van der Waals surface area contributed by atoms with Crippen LogP contribution in [0.1, 0.15) is 12.8 Å². The van der Waals surface area contributed by atoms with Crippen molar-refractivity contribution < 1.29 is 9.53 Å². The molecule has 2 heterocycles. The Hall–Kier alpha value is -1.42. The van der Waals surface area contributed by atoms with Crippen LogP contribution in [0.15, 0.2) is 29.5 Å². The van der Waals surface area contributed by atoms with Crippen LogP contribution in [0, 0.1) is 0 Å². The van der Waals surface area contributed by atoms with E-state index in [4.69, 9.17) is 4.74 Å². The molecule has 0 saturated carbocycles. The lowest BCUT2D eigenvalue weighted by Crippen LogP contribution is -2.43. The van der Waals surface area contributed by atoms with E-state index in [9.17, 15) is 4.79 Å². The fourth-order valence-electron chi connectivity index (χ4n) is 2.04. The first kappa shape index (κ1) is 18.6. The summed E-state index contributed by atoms with van der Waals surface area (Å²) in [7, 11) is 1.67. The van der Waals surface area contributed by atoms with Gasteiger partial charge in [-0.15, -0.1) is 24.0 Å². The molecule has 2 rings (SSSR count). The molecule has 0 radical (unpaired) electrons. The number of amides is 1. The molecule has 0 bridgehead atoms. The summed E-state index contributed by atoms with van der Waals surface area (Å²) < 4.78 is 5.52. The van der Waals surface area contributed by atoms with E-state index in [-0.39, 0.29) is 42.5 Å². The Kier molecular flexibility index (Phi) is 8.75. The minimum Gasteiger partial charge on any atom is -0.376 e. The van der Waals surface area contributed by atoms with Crippen LogP contribution in [-0.4, -0.2) is 49.7 Å². The van der Waals surface area contributed by atoms with Gasteiger partial charge in [0.15, 0.2) is 5.96 Å². The number of hydrogen-bond acceptors (Lipinski definition) is 4. The van der Waals surface area contributed by atoms with Crippen molar-refractivity contribution in [1.29, 1.82) is 0 Å². The summed E-state index contributed by atoms with van der Waals surface area (Å²) in [6.07, 6.45) is 5.65. The van der Waals surface area contributed by atoms with Crippen molar-refractivity contribution in [3.05, 3.63) is 24.5 Å². The molecule has 0 aliphatic carbocycles. The van der Waals surface area contributed by atoms with Gasteiger partial charge >= 0.3 is 0 Å². The van der Waals surface area contributed by atoms with Gasteiger partial charge in [0.1, 0.15) is 0 Å². The van der Waals surface area contributed by atoms with Gasteiger partial charge in [-0.05, 0) is 25.0 Å². The first-order chi connectivity index (χ1) is 10.3. The number of pyridine rings is 1. The van der Waals surface area contributed by atoms with Crippen molar-refractivity contribution >= 4 is 41.5 Å². The Balaban J connectivity index is 0.00000242. The number of carbonyl (C=O) groups excluding carboxylic acids is 1. The number of guanidine groups is 1. The average molecular weight is 419 g/mol. The highest BCUT2D eigenvalue weighted by molar-refractivity contribution is 14.0. The number of carbonyl (C=O) groups is 1. The molecule has 1 amide bonds. The largest absolute Gasteiger partial charge is 0.376 e. The van der Waals surface area contributed by atoms with Crippen molar-refractivity contribution in [2.45, 2.75) is 18.9 Å². The first-order valence-corrected chi connectivity index (χ1v) is 7.04. The second-order valence-electron chi connectivity index (χ2n) is 4.73. The third-order valence-corrected chi connectivity index (χ3v) is 3.11. The van der Waals surface area contributed by atoms with Gasteiger partial charge in [0.2, 0.25) is 5.91 Å². The highest BCUT2D eigenvalue weighted by Gasteiger charge is 2.15. The number of ether oxygens (including phenoxy) is 1. The number of rotatable bonds is 5. The van der Waals surface area contributed by atoms with Crippen LogP contribution in [0.5, 0.6) is 0 Å². The zero-order chi connectivity index (χ0) is 14.9. The highest BCUT2D eigenvalue weighted by atomic mass is 127. The summed E-state index contributed by atoms with van der Waals surface area (Å²) in [4.78, 5) is 19.8. The molecular formula is C14H22IN5O2. The molecule has 1 aromatic heterocycles. The second kappa shape index (κ2) is 10.3. The monoisotopic (exact) mass is 419 g/mol. The van der Waals surface area contributed by atoms with Crippen LogP contribution < -0.4 is 16.0 Å². The van der Waals surface area contributed by atoms with Crippen LogP contribution in [0.25, 0.3) is 0 Å². The quantitative estimate of drug-likeness (QED) is 0.377. The molecule has 1 unspecified atom stereocenters. The first-order valence-electron chi connectivity index (χ1n) is 7.04. The van der Waals surface area contributed by atoms with E-state index < -0.39 is 0 Å². The van der Waals surface area contributed by atoms with E-state index in [0.29, 0.717) is 18.2 Å². The van der Waals surface area contributed by atoms with Crippen LogP contribution in [-0.2, 0) is 9.53 Å². The summed E-state index contributed by atoms with van der Waals surface area (Å²) in [5.74, 6) is 0.440. The van der Waals surface area contributed by atoms with Gasteiger partial charge in [0, 0.05) is 26.4 Å². The lowest BCUT2D eigenvalue weighted by atomic mass is 10.2. The molecule has 1 atom stereocenters. The Bertz CT molecular complexity index is 477. The maximum atomic E-state index is 11.8. The fourth-order valence-corrected chi connectivity index (χ4v) is 2.04. The molecule has 0 aromatic carbocycles. The normalized spacial score (nSPS) is 17.5. The van der Waals surface area contributed by atoms with Gasteiger partial charge in [0.25, 0.3) is 0 Å². The molecule has 3 N–H and O–H groups in total. The molecule has 122 valence electrons. The maximum absolute atomic E-state index is 11.8. The van der Waals surface area contributed by atoms with Crippen LogP contribution in [0.4, 0.5) is 5.69 Å². The van der Waals surface area contributed by atoms with Crippen LogP contribution in [0.2, 0.25) is 0 Å². The molecule has 7 nitrogen and oxygen atoms in total. The SMILES string of the molecule is CN=C(NCC(=O)Nc1cccnc1)NCC1CCCO1.I. The number of halogens is 1. The van der Waals surface area contributed by atoms with E-state index in [1.54, 1.807) is 31.6 Å². The number of aromatic nitrogens is 1. The topological polar surface area (TPSA) is 87.6 Å². The van der Waals surface area contributed by atoms with Crippen LogP contribution >= 0.6 is 24.0 Å².